The third kappa shape index (κ3) is 4.64. The SMILES string of the molecule is Cc1ccccc1COc1ccc(/C=C2/N=C(c3cc(F)c(F)cc3Cl)OC2=O)cc1. The Balaban J connectivity index is 1.50. The Labute approximate surface area is 182 Å². The second-order valence-electron chi connectivity index (χ2n) is 6.87. The average molecular weight is 440 g/mol. The number of hydrogen-bond donors (Lipinski definition) is 0. The molecule has 31 heavy (non-hydrogen) atoms. The Bertz CT molecular complexity index is 1220. The minimum Gasteiger partial charge on any atom is -0.489 e. The number of carbonyl (C=O) groups is 1. The fourth-order valence-electron chi connectivity index (χ4n) is 2.96. The summed E-state index contributed by atoms with van der Waals surface area (Å²) in [7, 11) is 0. The topological polar surface area (TPSA) is 47.9 Å². The number of aliphatic imine (C=N–C) groups is 1. The number of cyclic esters (lactones) is 1. The fourth-order valence-corrected chi connectivity index (χ4v) is 3.19. The van der Waals surface area contributed by atoms with Crippen molar-refractivity contribution >= 4 is 29.5 Å². The van der Waals surface area contributed by atoms with Gasteiger partial charge in [0.1, 0.15) is 12.4 Å². The van der Waals surface area contributed by atoms with Crippen LogP contribution in [0, 0.1) is 18.6 Å². The van der Waals surface area contributed by atoms with Gasteiger partial charge in [-0.3, -0.25) is 0 Å². The molecule has 1 heterocycles. The van der Waals surface area contributed by atoms with E-state index >= 15 is 0 Å². The van der Waals surface area contributed by atoms with Gasteiger partial charge in [-0.2, -0.15) is 0 Å². The summed E-state index contributed by atoms with van der Waals surface area (Å²) >= 11 is 5.93. The van der Waals surface area contributed by atoms with Gasteiger partial charge in [0.15, 0.2) is 17.3 Å². The number of esters is 1. The second-order valence-corrected chi connectivity index (χ2v) is 7.27. The molecule has 0 saturated carbocycles. The van der Waals surface area contributed by atoms with Gasteiger partial charge in [0.25, 0.3) is 0 Å². The molecule has 7 heteroatoms. The van der Waals surface area contributed by atoms with Gasteiger partial charge < -0.3 is 9.47 Å². The highest BCUT2D eigenvalue weighted by molar-refractivity contribution is 6.34. The van der Waals surface area contributed by atoms with Gasteiger partial charge in [-0.25, -0.2) is 18.6 Å². The molecule has 0 unspecified atom stereocenters. The molecule has 0 fully saturated rings. The summed E-state index contributed by atoms with van der Waals surface area (Å²) in [5.74, 6) is -2.43. The van der Waals surface area contributed by atoms with Crippen molar-refractivity contribution in [3.05, 3.63) is 105 Å². The van der Waals surface area contributed by atoms with E-state index in [9.17, 15) is 13.6 Å². The molecule has 0 bridgehead atoms. The van der Waals surface area contributed by atoms with Crippen LogP contribution in [0.15, 0.2) is 71.4 Å². The Morgan fingerprint density at radius 2 is 1.77 bits per heavy atom. The quantitative estimate of drug-likeness (QED) is 0.284. The molecule has 3 aromatic rings. The molecule has 0 aromatic heterocycles. The van der Waals surface area contributed by atoms with Crippen LogP contribution in [0.3, 0.4) is 0 Å². The molecule has 0 amide bonds. The zero-order valence-corrected chi connectivity index (χ0v) is 17.1. The average Bonchev–Trinajstić information content (AvgIpc) is 3.11. The van der Waals surface area contributed by atoms with E-state index in [1.807, 2.05) is 31.2 Å². The van der Waals surface area contributed by atoms with Gasteiger partial charge in [0.05, 0.1) is 10.6 Å². The highest BCUT2D eigenvalue weighted by Crippen LogP contribution is 2.26. The van der Waals surface area contributed by atoms with Crippen LogP contribution in [0.25, 0.3) is 6.08 Å². The summed E-state index contributed by atoms with van der Waals surface area (Å²) in [5.41, 5.74) is 2.96. The molecule has 0 atom stereocenters. The number of ether oxygens (including phenoxy) is 2. The number of rotatable bonds is 5. The summed E-state index contributed by atoms with van der Waals surface area (Å²) in [6.07, 6.45) is 1.52. The van der Waals surface area contributed by atoms with Gasteiger partial charge in [-0.05, 0) is 54.0 Å². The van der Waals surface area contributed by atoms with E-state index in [-0.39, 0.29) is 22.2 Å². The van der Waals surface area contributed by atoms with E-state index in [1.165, 1.54) is 6.08 Å². The first-order valence-corrected chi connectivity index (χ1v) is 9.73. The molecule has 1 aliphatic heterocycles. The first-order chi connectivity index (χ1) is 14.9. The van der Waals surface area contributed by atoms with Crippen LogP contribution in [-0.2, 0) is 16.1 Å². The van der Waals surface area contributed by atoms with Crippen molar-refractivity contribution in [2.24, 2.45) is 4.99 Å². The maximum atomic E-state index is 13.5. The highest BCUT2D eigenvalue weighted by Gasteiger charge is 2.26. The Kier molecular flexibility index (Phi) is 5.82. The highest BCUT2D eigenvalue weighted by atomic mass is 35.5. The van der Waals surface area contributed by atoms with E-state index in [0.717, 1.165) is 23.3 Å². The molecular formula is C24H16ClF2NO3. The van der Waals surface area contributed by atoms with Crippen LogP contribution in [0.1, 0.15) is 22.3 Å². The van der Waals surface area contributed by atoms with Crippen molar-refractivity contribution in [1.82, 2.24) is 0 Å². The van der Waals surface area contributed by atoms with Crippen molar-refractivity contribution in [2.45, 2.75) is 13.5 Å². The molecule has 1 aliphatic rings. The van der Waals surface area contributed by atoms with E-state index in [1.54, 1.807) is 24.3 Å². The van der Waals surface area contributed by atoms with Gasteiger partial charge in [0.2, 0.25) is 5.90 Å². The van der Waals surface area contributed by atoms with Crippen molar-refractivity contribution in [3.63, 3.8) is 0 Å². The van der Waals surface area contributed by atoms with E-state index < -0.39 is 17.6 Å². The van der Waals surface area contributed by atoms with Gasteiger partial charge in [-0.15, -0.1) is 0 Å². The van der Waals surface area contributed by atoms with Crippen molar-refractivity contribution < 1.29 is 23.0 Å². The number of carbonyl (C=O) groups excluding carboxylic acids is 1. The molecule has 0 N–H and O–H groups in total. The zero-order chi connectivity index (χ0) is 22.0. The normalized spacial score (nSPS) is 14.5. The lowest BCUT2D eigenvalue weighted by atomic mass is 10.1. The minimum atomic E-state index is -1.11. The predicted octanol–water partition coefficient (Wildman–Crippen LogP) is 5.85. The van der Waals surface area contributed by atoms with Crippen LogP contribution in [-0.4, -0.2) is 11.9 Å². The van der Waals surface area contributed by atoms with E-state index in [0.29, 0.717) is 17.9 Å². The van der Waals surface area contributed by atoms with Crippen molar-refractivity contribution in [3.8, 4) is 5.75 Å². The maximum Gasteiger partial charge on any atom is 0.363 e. The first-order valence-electron chi connectivity index (χ1n) is 9.35. The molecule has 4 nitrogen and oxygen atoms in total. The summed E-state index contributed by atoms with van der Waals surface area (Å²) < 4.78 is 37.7. The fraction of sp³-hybridized carbons (Fsp3) is 0.0833. The van der Waals surface area contributed by atoms with Gasteiger partial charge in [-0.1, -0.05) is 48.0 Å². The zero-order valence-electron chi connectivity index (χ0n) is 16.4. The Hall–Kier alpha value is -3.51. The van der Waals surface area contributed by atoms with E-state index in [2.05, 4.69) is 4.99 Å². The molecular weight excluding hydrogens is 424 g/mol. The van der Waals surface area contributed by atoms with Gasteiger partial charge in [0, 0.05) is 0 Å². The van der Waals surface area contributed by atoms with Crippen LogP contribution < -0.4 is 4.74 Å². The Morgan fingerprint density at radius 3 is 2.52 bits per heavy atom. The summed E-state index contributed by atoms with van der Waals surface area (Å²) in [5, 5.41) is -0.109. The predicted molar refractivity (Wildman–Crippen MR) is 114 cm³/mol. The number of aryl methyl sites for hydroxylation is 1. The number of nitrogens with zero attached hydrogens (tertiary/aromatic N) is 1. The van der Waals surface area contributed by atoms with Crippen molar-refractivity contribution in [1.29, 1.82) is 0 Å². The van der Waals surface area contributed by atoms with Crippen LogP contribution >= 0.6 is 11.6 Å². The number of benzene rings is 3. The smallest absolute Gasteiger partial charge is 0.363 e. The second kappa shape index (κ2) is 8.70. The largest absolute Gasteiger partial charge is 0.489 e. The number of halogens is 3. The lowest BCUT2D eigenvalue weighted by molar-refractivity contribution is -0.129. The van der Waals surface area contributed by atoms with Crippen LogP contribution in [0.4, 0.5) is 8.78 Å². The summed E-state index contributed by atoms with van der Waals surface area (Å²) in [4.78, 5) is 16.2. The van der Waals surface area contributed by atoms with E-state index in [4.69, 9.17) is 21.1 Å². The molecule has 0 spiro atoms. The lowest BCUT2D eigenvalue weighted by Gasteiger charge is -2.08. The third-order valence-electron chi connectivity index (χ3n) is 4.70. The molecule has 3 aromatic carbocycles. The molecule has 0 radical (unpaired) electrons. The molecule has 4 rings (SSSR count). The monoisotopic (exact) mass is 439 g/mol. The molecule has 156 valence electrons. The summed E-state index contributed by atoms with van der Waals surface area (Å²) in [6, 6.07) is 16.7. The van der Waals surface area contributed by atoms with Crippen LogP contribution in [0.5, 0.6) is 5.75 Å². The van der Waals surface area contributed by atoms with Gasteiger partial charge >= 0.3 is 5.97 Å². The number of hydrogen-bond acceptors (Lipinski definition) is 4. The van der Waals surface area contributed by atoms with Crippen molar-refractivity contribution in [2.75, 3.05) is 0 Å². The lowest BCUT2D eigenvalue weighted by Crippen LogP contribution is -2.07. The Morgan fingerprint density at radius 1 is 1.06 bits per heavy atom. The summed E-state index contributed by atoms with van der Waals surface area (Å²) in [6.45, 7) is 2.47. The third-order valence-corrected chi connectivity index (χ3v) is 5.01. The first kappa shape index (κ1) is 20.8. The molecule has 0 aliphatic carbocycles. The minimum absolute atomic E-state index is 0.00253. The van der Waals surface area contributed by atoms with Crippen LogP contribution in [0.2, 0.25) is 5.02 Å². The maximum absolute atomic E-state index is 13.5. The molecule has 0 saturated heterocycles. The standard InChI is InChI=1S/C24H16ClF2NO3/c1-14-4-2-3-5-16(14)13-30-17-8-6-15(7-9-17)10-22-24(29)31-23(28-22)18-11-20(26)21(27)12-19(18)25/h2-12H,13H2,1H3/b22-10+.